The molecule has 0 atom stereocenters. The molecule has 0 aliphatic carbocycles. The van der Waals surface area contributed by atoms with Crippen molar-refractivity contribution >= 4 is 50.6 Å². The smallest absolute Gasteiger partial charge is 0.208 e. The molecular formula is C24H51N3O3S3. The highest BCUT2D eigenvalue weighted by molar-refractivity contribution is 8.14. The Balaban J connectivity index is -0.000000411. The van der Waals surface area contributed by atoms with Crippen LogP contribution in [0.15, 0.2) is 0 Å². The standard InChI is InChI=1S/C9H19NOS.C8H17NOS.C7H15NOS/c1-4-7-12-8(11)9(2,3)5-6-10;1-4-5-11-7(10)8(2,3)6-9;1-4-5-10-6(9)7(2,3)8/h4-7,10H2,1-3H3;4-6,9H2,1-3H3;4-5,8H2,1-3H3. The minimum atomic E-state index is -0.667. The number of hydrogen-bond acceptors (Lipinski definition) is 9. The minimum absolute atomic E-state index is 0.0781. The average molecular weight is 526 g/mol. The van der Waals surface area contributed by atoms with Gasteiger partial charge in [-0.2, -0.15) is 0 Å². The average Bonchev–Trinajstić information content (AvgIpc) is 2.73. The van der Waals surface area contributed by atoms with Crippen LogP contribution in [0.5, 0.6) is 0 Å². The Kier molecular flexibility index (Phi) is 22.9. The van der Waals surface area contributed by atoms with Crippen molar-refractivity contribution in [3.63, 3.8) is 0 Å². The normalized spacial score (nSPS) is 11.6. The second-order valence-electron chi connectivity index (χ2n) is 9.64. The zero-order chi connectivity index (χ0) is 26.7. The fourth-order valence-corrected chi connectivity index (χ4v) is 4.21. The molecule has 0 aliphatic rings. The van der Waals surface area contributed by atoms with Crippen molar-refractivity contribution in [2.45, 2.75) is 93.5 Å². The molecule has 0 saturated carbocycles. The van der Waals surface area contributed by atoms with Crippen LogP contribution in [-0.4, -0.2) is 51.2 Å². The Hall–Kier alpha value is -0.0600. The molecule has 0 aromatic heterocycles. The second kappa shape index (κ2) is 20.2. The van der Waals surface area contributed by atoms with Crippen molar-refractivity contribution in [1.29, 1.82) is 0 Å². The fraction of sp³-hybridized carbons (Fsp3) is 0.875. The molecule has 0 bridgehead atoms. The Morgan fingerprint density at radius 2 is 0.970 bits per heavy atom. The molecule has 6 N–H and O–H groups in total. The minimum Gasteiger partial charge on any atom is -0.330 e. The molecular weight excluding hydrogens is 474 g/mol. The maximum Gasteiger partial charge on any atom is 0.208 e. The van der Waals surface area contributed by atoms with Gasteiger partial charge >= 0.3 is 0 Å². The first-order valence-corrected chi connectivity index (χ1v) is 14.7. The summed E-state index contributed by atoms with van der Waals surface area (Å²) in [6.45, 7) is 18.4. The van der Waals surface area contributed by atoms with E-state index in [1.54, 1.807) is 13.8 Å². The third kappa shape index (κ3) is 21.0. The Bertz CT molecular complexity index is 549. The van der Waals surface area contributed by atoms with Gasteiger partial charge in [-0.25, -0.2) is 0 Å². The summed E-state index contributed by atoms with van der Waals surface area (Å²) < 4.78 is 0. The molecule has 0 rings (SSSR count). The van der Waals surface area contributed by atoms with Crippen LogP contribution in [0.2, 0.25) is 0 Å². The van der Waals surface area contributed by atoms with Gasteiger partial charge in [-0.15, -0.1) is 0 Å². The summed E-state index contributed by atoms with van der Waals surface area (Å²) in [5.41, 5.74) is 15.2. The number of rotatable bonds is 12. The lowest BCUT2D eigenvalue weighted by molar-refractivity contribution is -0.118. The van der Waals surface area contributed by atoms with E-state index in [4.69, 9.17) is 17.2 Å². The SMILES string of the molecule is CCCSC(=O)C(C)(C)CCN.CCCSC(=O)C(C)(C)CN.CCCSC(=O)C(C)(C)N. The zero-order valence-electron chi connectivity index (χ0n) is 22.5. The first-order valence-electron chi connectivity index (χ1n) is 11.8. The second-order valence-corrected chi connectivity index (χ2v) is 12.8. The number of carbonyl (C=O) groups excluding carboxylic acids is 3. The van der Waals surface area contributed by atoms with Crippen LogP contribution in [0.25, 0.3) is 0 Å². The summed E-state index contributed by atoms with van der Waals surface area (Å²) in [5.74, 6) is 2.70. The van der Waals surface area contributed by atoms with Crippen LogP contribution in [-0.2, 0) is 14.4 Å². The van der Waals surface area contributed by atoms with E-state index in [2.05, 4.69) is 13.8 Å². The summed E-state index contributed by atoms with van der Waals surface area (Å²) >= 11 is 4.14. The molecule has 0 unspecified atom stereocenters. The molecule has 9 heteroatoms. The van der Waals surface area contributed by atoms with Gasteiger partial charge in [0.1, 0.15) is 0 Å². The number of hydrogen-bond donors (Lipinski definition) is 3. The quantitative estimate of drug-likeness (QED) is 0.320. The van der Waals surface area contributed by atoms with E-state index in [1.165, 1.54) is 35.3 Å². The molecule has 0 fully saturated rings. The molecule has 0 aromatic carbocycles. The molecule has 0 saturated heterocycles. The van der Waals surface area contributed by atoms with Crippen LogP contribution in [0.4, 0.5) is 0 Å². The van der Waals surface area contributed by atoms with Gasteiger partial charge in [-0.1, -0.05) is 83.8 Å². The van der Waals surface area contributed by atoms with Crippen LogP contribution >= 0.6 is 35.3 Å². The van der Waals surface area contributed by atoms with E-state index in [-0.39, 0.29) is 26.2 Å². The Morgan fingerprint density at radius 3 is 1.24 bits per heavy atom. The van der Waals surface area contributed by atoms with Gasteiger partial charge in [0.15, 0.2) is 10.2 Å². The summed E-state index contributed by atoms with van der Waals surface area (Å²) in [6, 6.07) is 0. The van der Waals surface area contributed by atoms with E-state index >= 15 is 0 Å². The number of thioether (sulfide) groups is 3. The molecule has 198 valence electrons. The van der Waals surface area contributed by atoms with Crippen molar-refractivity contribution in [1.82, 2.24) is 0 Å². The van der Waals surface area contributed by atoms with E-state index in [1.807, 2.05) is 34.6 Å². The zero-order valence-corrected chi connectivity index (χ0v) is 25.0. The third-order valence-corrected chi connectivity index (χ3v) is 8.48. The number of carbonyl (C=O) groups is 3. The Labute approximate surface area is 216 Å². The first kappa shape index (κ1) is 37.5. The van der Waals surface area contributed by atoms with Gasteiger partial charge in [0.25, 0.3) is 0 Å². The lowest BCUT2D eigenvalue weighted by atomic mass is 9.91. The highest BCUT2D eigenvalue weighted by atomic mass is 32.2. The predicted molar refractivity (Wildman–Crippen MR) is 152 cm³/mol. The lowest BCUT2D eigenvalue weighted by Crippen LogP contribution is -2.39. The third-order valence-electron chi connectivity index (χ3n) is 4.22. The van der Waals surface area contributed by atoms with E-state index < -0.39 is 5.54 Å². The van der Waals surface area contributed by atoms with Crippen molar-refractivity contribution < 1.29 is 14.4 Å². The van der Waals surface area contributed by atoms with Crippen LogP contribution < -0.4 is 17.2 Å². The first-order chi connectivity index (χ1) is 15.1. The van der Waals surface area contributed by atoms with Gasteiger partial charge in [-0.3, -0.25) is 14.4 Å². The van der Waals surface area contributed by atoms with Crippen molar-refractivity contribution in [2.75, 3.05) is 30.3 Å². The molecule has 0 radical (unpaired) electrons. The van der Waals surface area contributed by atoms with Crippen molar-refractivity contribution in [3.8, 4) is 0 Å². The van der Waals surface area contributed by atoms with Gasteiger partial charge in [0.05, 0.1) is 5.54 Å². The highest BCUT2D eigenvalue weighted by Gasteiger charge is 2.26. The van der Waals surface area contributed by atoms with Gasteiger partial charge in [-0.05, 0) is 46.1 Å². The molecule has 0 aromatic rings. The Morgan fingerprint density at radius 1 is 0.636 bits per heavy atom. The molecule has 33 heavy (non-hydrogen) atoms. The maximum atomic E-state index is 11.5. The molecule has 0 aliphatic heterocycles. The molecule has 0 spiro atoms. The van der Waals surface area contributed by atoms with Crippen LogP contribution in [0.1, 0.15) is 88.0 Å². The van der Waals surface area contributed by atoms with Crippen LogP contribution in [0.3, 0.4) is 0 Å². The van der Waals surface area contributed by atoms with Gasteiger partial charge in [0, 0.05) is 34.6 Å². The molecule has 0 amide bonds. The predicted octanol–water partition coefficient (Wildman–Crippen LogP) is 5.07. The summed E-state index contributed by atoms with van der Waals surface area (Å²) in [6.07, 6.45) is 3.89. The molecule has 0 heterocycles. The highest BCUT2D eigenvalue weighted by Crippen LogP contribution is 2.27. The van der Waals surface area contributed by atoms with Crippen molar-refractivity contribution in [3.05, 3.63) is 0 Å². The number of nitrogens with two attached hydrogens (primary N) is 3. The van der Waals surface area contributed by atoms with E-state index in [0.717, 1.165) is 42.9 Å². The molecule has 6 nitrogen and oxygen atoms in total. The van der Waals surface area contributed by atoms with Crippen LogP contribution in [0, 0.1) is 10.8 Å². The summed E-state index contributed by atoms with van der Waals surface area (Å²) in [5, 5.41) is 0.561. The van der Waals surface area contributed by atoms with Crippen molar-refractivity contribution in [2.24, 2.45) is 28.0 Å². The largest absolute Gasteiger partial charge is 0.330 e. The lowest BCUT2D eigenvalue weighted by Gasteiger charge is -2.20. The van der Waals surface area contributed by atoms with Gasteiger partial charge < -0.3 is 17.2 Å². The van der Waals surface area contributed by atoms with E-state index in [9.17, 15) is 14.4 Å². The summed E-state index contributed by atoms with van der Waals surface area (Å²) in [7, 11) is 0. The fourth-order valence-electron chi connectivity index (χ4n) is 1.71. The van der Waals surface area contributed by atoms with Gasteiger partial charge in [0.2, 0.25) is 5.12 Å². The van der Waals surface area contributed by atoms with E-state index in [0.29, 0.717) is 13.1 Å². The topological polar surface area (TPSA) is 129 Å². The maximum absolute atomic E-state index is 11.5. The monoisotopic (exact) mass is 525 g/mol. The summed E-state index contributed by atoms with van der Waals surface area (Å²) in [4.78, 5) is 33.9.